The Morgan fingerprint density at radius 1 is 0.821 bits per heavy atom. The highest BCUT2D eigenvalue weighted by Crippen LogP contribution is 2.25. The highest BCUT2D eigenvalue weighted by Gasteiger charge is 2.19. The highest BCUT2D eigenvalue weighted by molar-refractivity contribution is 5.61. The number of benzene rings is 2. The van der Waals surface area contributed by atoms with Crippen LogP contribution in [0.2, 0.25) is 0 Å². The maximum Gasteiger partial charge on any atom is 0.149 e. The number of hydrogen-bond donors (Lipinski definition) is 1. The second-order valence-corrected chi connectivity index (χ2v) is 6.69. The number of para-hydroxylation sites is 2. The lowest BCUT2D eigenvalue weighted by Crippen LogP contribution is -2.46. The third-order valence-corrected chi connectivity index (χ3v) is 4.77. The van der Waals surface area contributed by atoms with Gasteiger partial charge in [-0.3, -0.25) is 0 Å². The van der Waals surface area contributed by atoms with Gasteiger partial charge in [0.25, 0.3) is 0 Å². The summed E-state index contributed by atoms with van der Waals surface area (Å²) < 4.78 is 27.9. The number of nitrogens with zero attached hydrogens (tertiary/aromatic N) is 4. The molecule has 1 fully saturated rings. The number of aromatic nitrogens is 2. The van der Waals surface area contributed by atoms with Gasteiger partial charge in [-0.15, -0.1) is 0 Å². The van der Waals surface area contributed by atoms with E-state index in [1.807, 2.05) is 18.2 Å². The lowest BCUT2D eigenvalue weighted by molar-refractivity contribution is 0.590. The molecule has 0 radical (unpaired) electrons. The van der Waals surface area contributed by atoms with Gasteiger partial charge >= 0.3 is 0 Å². The van der Waals surface area contributed by atoms with Crippen molar-refractivity contribution in [2.45, 2.75) is 6.92 Å². The van der Waals surface area contributed by atoms with E-state index < -0.39 is 11.6 Å². The largest absolute Gasteiger partial charge is 0.368 e. The molecule has 2 aromatic carbocycles. The normalized spacial score (nSPS) is 14.2. The van der Waals surface area contributed by atoms with Crippen molar-refractivity contribution in [3.63, 3.8) is 0 Å². The van der Waals surface area contributed by atoms with Crippen LogP contribution in [-0.2, 0) is 0 Å². The first-order valence-corrected chi connectivity index (χ1v) is 9.22. The predicted octanol–water partition coefficient (Wildman–Crippen LogP) is 4.13. The van der Waals surface area contributed by atoms with Crippen molar-refractivity contribution in [2.75, 3.05) is 41.3 Å². The van der Waals surface area contributed by atoms with Gasteiger partial charge in [0.2, 0.25) is 0 Å². The summed E-state index contributed by atoms with van der Waals surface area (Å²) in [6, 6.07) is 15.8. The third kappa shape index (κ3) is 3.88. The van der Waals surface area contributed by atoms with Crippen LogP contribution in [-0.4, -0.2) is 36.1 Å². The van der Waals surface area contributed by atoms with Crippen LogP contribution in [0.25, 0.3) is 0 Å². The first kappa shape index (κ1) is 18.2. The Bertz CT molecular complexity index is 936. The minimum Gasteiger partial charge on any atom is -0.368 e. The van der Waals surface area contributed by atoms with E-state index in [2.05, 4.69) is 37.2 Å². The fourth-order valence-electron chi connectivity index (χ4n) is 3.36. The number of hydrogen-bond acceptors (Lipinski definition) is 5. The second-order valence-electron chi connectivity index (χ2n) is 6.69. The summed E-state index contributed by atoms with van der Waals surface area (Å²) in [7, 11) is 0. The van der Waals surface area contributed by atoms with Gasteiger partial charge in [0, 0.05) is 37.9 Å². The van der Waals surface area contributed by atoms with Crippen LogP contribution in [0, 0.1) is 18.6 Å². The van der Waals surface area contributed by atoms with Crippen molar-refractivity contribution in [3.05, 3.63) is 72.1 Å². The molecule has 0 spiro atoms. The fraction of sp³-hybridized carbons (Fsp3) is 0.238. The molecule has 144 valence electrons. The number of aryl methyl sites for hydroxylation is 1. The minimum atomic E-state index is -0.658. The van der Waals surface area contributed by atoms with Crippen molar-refractivity contribution in [1.29, 1.82) is 0 Å². The topological polar surface area (TPSA) is 44.3 Å². The molecule has 0 aliphatic carbocycles. The molecule has 0 saturated carbocycles. The molecule has 1 aliphatic rings. The summed E-state index contributed by atoms with van der Waals surface area (Å²) in [4.78, 5) is 13.3. The van der Waals surface area contributed by atoms with Crippen molar-refractivity contribution in [2.24, 2.45) is 0 Å². The number of anilines is 4. The molecular formula is C21H21F2N5. The van der Waals surface area contributed by atoms with Crippen molar-refractivity contribution >= 4 is 23.0 Å². The molecule has 0 atom stereocenters. The smallest absolute Gasteiger partial charge is 0.149 e. The molecule has 1 aromatic heterocycles. The summed E-state index contributed by atoms with van der Waals surface area (Å²) in [5, 5.41) is 2.76. The molecule has 28 heavy (non-hydrogen) atoms. The molecule has 1 aliphatic heterocycles. The van der Waals surface area contributed by atoms with Crippen LogP contribution in [0.4, 0.5) is 31.8 Å². The maximum atomic E-state index is 13.9. The van der Waals surface area contributed by atoms with Gasteiger partial charge in [0.15, 0.2) is 0 Å². The van der Waals surface area contributed by atoms with Crippen LogP contribution in [0.5, 0.6) is 0 Å². The predicted molar refractivity (Wildman–Crippen MR) is 107 cm³/mol. The van der Waals surface area contributed by atoms with Crippen LogP contribution in [0.15, 0.2) is 54.6 Å². The zero-order valence-corrected chi connectivity index (χ0v) is 15.6. The van der Waals surface area contributed by atoms with Crippen molar-refractivity contribution in [3.8, 4) is 0 Å². The molecule has 2 heterocycles. The monoisotopic (exact) mass is 381 g/mol. The number of rotatable bonds is 4. The Morgan fingerprint density at radius 2 is 1.46 bits per heavy atom. The van der Waals surface area contributed by atoms with E-state index in [-0.39, 0.29) is 5.69 Å². The molecule has 4 rings (SSSR count). The molecule has 7 heteroatoms. The highest BCUT2D eigenvalue weighted by atomic mass is 19.1. The van der Waals surface area contributed by atoms with Gasteiger partial charge in [-0.2, -0.15) is 0 Å². The number of piperazine rings is 1. The SMILES string of the molecule is Cc1nc(Nc2c(F)cccc2F)cc(N2CCN(c3ccccc3)CC2)n1. The van der Waals surface area contributed by atoms with E-state index in [0.717, 1.165) is 32.0 Å². The average molecular weight is 381 g/mol. The Balaban J connectivity index is 1.50. The zero-order valence-electron chi connectivity index (χ0n) is 15.6. The van der Waals surface area contributed by atoms with E-state index >= 15 is 0 Å². The van der Waals surface area contributed by atoms with Gasteiger partial charge in [-0.25, -0.2) is 18.7 Å². The zero-order chi connectivity index (χ0) is 19.5. The van der Waals surface area contributed by atoms with Gasteiger partial charge in [0.05, 0.1) is 0 Å². The van der Waals surface area contributed by atoms with Gasteiger partial charge in [-0.1, -0.05) is 24.3 Å². The van der Waals surface area contributed by atoms with Crippen LogP contribution >= 0.6 is 0 Å². The lowest BCUT2D eigenvalue weighted by Gasteiger charge is -2.36. The fourth-order valence-corrected chi connectivity index (χ4v) is 3.36. The lowest BCUT2D eigenvalue weighted by atomic mass is 10.2. The summed E-state index contributed by atoms with van der Waals surface area (Å²) in [6.45, 7) is 5.12. The number of halogens is 2. The first-order valence-electron chi connectivity index (χ1n) is 9.22. The number of nitrogens with one attached hydrogen (secondary N) is 1. The molecule has 0 bridgehead atoms. The Hall–Kier alpha value is -3.22. The molecule has 5 nitrogen and oxygen atoms in total. The minimum absolute atomic E-state index is 0.208. The molecule has 1 N–H and O–H groups in total. The van der Waals surface area contributed by atoms with E-state index in [0.29, 0.717) is 11.6 Å². The molecule has 0 unspecified atom stereocenters. The molecular weight excluding hydrogens is 360 g/mol. The van der Waals surface area contributed by atoms with E-state index in [1.165, 1.54) is 23.9 Å². The summed E-state index contributed by atoms with van der Waals surface area (Å²) in [5.74, 6) is 0.349. The van der Waals surface area contributed by atoms with Crippen LogP contribution in [0.1, 0.15) is 5.82 Å². The summed E-state index contributed by atoms with van der Waals surface area (Å²) in [5.41, 5.74) is 0.999. The van der Waals surface area contributed by atoms with Crippen LogP contribution < -0.4 is 15.1 Å². The summed E-state index contributed by atoms with van der Waals surface area (Å²) in [6.07, 6.45) is 0. The van der Waals surface area contributed by atoms with E-state index in [1.54, 1.807) is 13.0 Å². The van der Waals surface area contributed by atoms with Gasteiger partial charge < -0.3 is 15.1 Å². The Labute approximate surface area is 162 Å². The van der Waals surface area contributed by atoms with Gasteiger partial charge in [-0.05, 0) is 31.2 Å². The summed E-state index contributed by atoms with van der Waals surface area (Å²) >= 11 is 0. The molecule has 3 aromatic rings. The molecule has 0 amide bonds. The first-order chi connectivity index (χ1) is 13.6. The Morgan fingerprint density at radius 3 is 2.14 bits per heavy atom. The quantitative estimate of drug-likeness (QED) is 0.736. The van der Waals surface area contributed by atoms with Crippen molar-refractivity contribution < 1.29 is 8.78 Å². The van der Waals surface area contributed by atoms with E-state index in [4.69, 9.17) is 0 Å². The van der Waals surface area contributed by atoms with E-state index in [9.17, 15) is 8.78 Å². The average Bonchev–Trinajstić information content (AvgIpc) is 2.71. The van der Waals surface area contributed by atoms with Crippen LogP contribution in [0.3, 0.4) is 0 Å². The maximum absolute atomic E-state index is 13.9. The van der Waals surface area contributed by atoms with Crippen molar-refractivity contribution in [1.82, 2.24) is 9.97 Å². The molecule has 1 saturated heterocycles. The van der Waals surface area contributed by atoms with Gasteiger partial charge in [0.1, 0.15) is 34.8 Å². The standard InChI is InChI=1S/C21H21F2N5/c1-15-24-19(26-21-17(22)8-5-9-18(21)23)14-20(25-15)28-12-10-27(11-13-28)16-6-3-2-4-7-16/h2-9,14H,10-13H2,1H3,(H,24,25,26). The third-order valence-electron chi connectivity index (χ3n) is 4.77. The Kier molecular flexibility index (Phi) is 5.06. The second kappa shape index (κ2) is 7.80.